The largest absolute Gasteiger partial charge is 0.356 e. The average Bonchev–Trinajstić information content (AvgIpc) is 2.33. The molecule has 1 saturated carbocycles. The summed E-state index contributed by atoms with van der Waals surface area (Å²) in [5.41, 5.74) is 0.401. The quantitative estimate of drug-likeness (QED) is 0.757. The highest BCUT2D eigenvalue weighted by Crippen LogP contribution is 2.40. The van der Waals surface area contributed by atoms with Crippen molar-refractivity contribution in [2.75, 3.05) is 6.54 Å². The topological polar surface area (TPSA) is 29.1 Å². The second-order valence-electron chi connectivity index (χ2n) is 6.57. The second-order valence-corrected chi connectivity index (χ2v) is 6.57. The van der Waals surface area contributed by atoms with Gasteiger partial charge in [-0.25, -0.2) is 0 Å². The standard InChI is InChI=1S/C16H31NO/c1-5-9-13(6-2)15(18)17-12-14-10-7-8-11-16(14,3)4/h13-14H,5-12H2,1-4H3,(H,17,18)/t13?,14-/m0/s1. The summed E-state index contributed by atoms with van der Waals surface area (Å²) < 4.78 is 0. The van der Waals surface area contributed by atoms with Crippen molar-refractivity contribution in [1.82, 2.24) is 5.32 Å². The molecule has 1 unspecified atom stereocenters. The van der Waals surface area contributed by atoms with Gasteiger partial charge in [-0.2, -0.15) is 0 Å². The van der Waals surface area contributed by atoms with Gasteiger partial charge in [0, 0.05) is 12.5 Å². The Morgan fingerprint density at radius 1 is 1.33 bits per heavy atom. The fourth-order valence-corrected chi connectivity index (χ4v) is 3.18. The van der Waals surface area contributed by atoms with Crippen molar-refractivity contribution in [2.45, 2.75) is 72.6 Å². The lowest BCUT2D eigenvalue weighted by Gasteiger charge is -2.39. The maximum absolute atomic E-state index is 12.1. The number of carbonyl (C=O) groups is 1. The first-order valence-electron chi connectivity index (χ1n) is 7.79. The highest BCUT2D eigenvalue weighted by atomic mass is 16.1. The lowest BCUT2D eigenvalue weighted by molar-refractivity contribution is -0.125. The molecule has 0 aromatic heterocycles. The smallest absolute Gasteiger partial charge is 0.223 e. The van der Waals surface area contributed by atoms with Crippen molar-refractivity contribution in [2.24, 2.45) is 17.3 Å². The maximum Gasteiger partial charge on any atom is 0.223 e. The number of rotatable bonds is 6. The number of hydrogen-bond acceptors (Lipinski definition) is 1. The summed E-state index contributed by atoms with van der Waals surface area (Å²) in [6.07, 6.45) is 8.35. The van der Waals surface area contributed by atoms with Crippen LogP contribution in [0.5, 0.6) is 0 Å². The molecule has 1 aliphatic rings. The molecule has 0 aromatic carbocycles. The van der Waals surface area contributed by atoms with Crippen LogP contribution in [-0.4, -0.2) is 12.5 Å². The van der Waals surface area contributed by atoms with E-state index in [9.17, 15) is 4.79 Å². The fraction of sp³-hybridized carbons (Fsp3) is 0.938. The van der Waals surface area contributed by atoms with E-state index in [1.807, 2.05) is 0 Å². The molecule has 1 N–H and O–H groups in total. The van der Waals surface area contributed by atoms with Crippen LogP contribution in [0.1, 0.15) is 72.6 Å². The van der Waals surface area contributed by atoms with Gasteiger partial charge in [-0.05, 0) is 37.0 Å². The zero-order chi connectivity index (χ0) is 13.6. The van der Waals surface area contributed by atoms with E-state index in [4.69, 9.17) is 0 Å². The summed E-state index contributed by atoms with van der Waals surface area (Å²) >= 11 is 0. The molecule has 18 heavy (non-hydrogen) atoms. The monoisotopic (exact) mass is 253 g/mol. The zero-order valence-corrected chi connectivity index (χ0v) is 12.7. The molecule has 1 amide bonds. The van der Waals surface area contributed by atoms with Crippen LogP contribution in [-0.2, 0) is 4.79 Å². The molecule has 0 radical (unpaired) electrons. The molecule has 0 saturated heterocycles. The van der Waals surface area contributed by atoms with Crippen LogP contribution in [0.3, 0.4) is 0 Å². The number of carbonyl (C=O) groups excluding carboxylic acids is 1. The third kappa shape index (κ3) is 4.29. The van der Waals surface area contributed by atoms with Crippen LogP contribution in [0.15, 0.2) is 0 Å². The SMILES string of the molecule is CCCC(CC)C(=O)NC[C@@H]1CCCCC1(C)C. The maximum atomic E-state index is 12.1. The van der Waals surface area contributed by atoms with Crippen LogP contribution in [0, 0.1) is 17.3 Å². The number of hydrogen-bond donors (Lipinski definition) is 1. The summed E-state index contributed by atoms with van der Waals surface area (Å²) in [5, 5.41) is 3.20. The molecule has 106 valence electrons. The van der Waals surface area contributed by atoms with Crippen LogP contribution in [0.25, 0.3) is 0 Å². The Balaban J connectivity index is 2.41. The summed E-state index contributed by atoms with van der Waals surface area (Å²) in [7, 11) is 0. The fourth-order valence-electron chi connectivity index (χ4n) is 3.18. The molecule has 1 aliphatic carbocycles. The van der Waals surface area contributed by atoms with E-state index in [2.05, 4.69) is 33.0 Å². The Kier molecular flexibility index (Phi) is 6.17. The first-order chi connectivity index (χ1) is 8.51. The lowest BCUT2D eigenvalue weighted by Crippen LogP contribution is -2.40. The van der Waals surface area contributed by atoms with Crippen molar-refractivity contribution < 1.29 is 4.79 Å². The predicted octanol–water partition coefficient (Wildman–Crippen LogP) is 4.15. The minimum atomic E-state index is 0.224. The molecular formula is C16H31NO. The predicted molar refractivity (Wildman–Crippen MR) is 77.4 cm³/mol. The van der Waals surface area contributed by atoms with E-state index in [-0.39, 0.29) is 11.8 Å². The zero-order valence-electron chi connectivity index (χ0n) is 12.7. The summed E-state index contributed by atoms with van der Waals surface area (Å²) in [5.74, 6) is 1.16. The van der Waals surface area contributed by atoms with Crippen LogP contribution in [0.2, 0.25) is 0 Å². The summed E-state index contributed by atoms with van der Waals surface area (Å²) in [4.78, 5) is 12.1. The van der Waals surface area contributed by atoms with Crippen molar-refractivity contribution in [3.63, 3.8) is 0 Å². The van der Waals surface area contributed by atoms with Crippen molar-refractivity contribution in [1.29, 1.82) is 0 Å². The molecule has 2 heteroatoms. The van der Waals surface area contributed by atoms with E-state index < -0.39 is 0 Å². The first-order valence-corrected chi connectivity index (χ1v) is 7.79. The minimum Gasteiger partial charge on any atom is -0.356 e. The molecule has 2 nitrogen and oxygen atoms in total. The Morgan fingerprint density at radius 2 is 2.06 bits per heavy atom. The molecule has 0 aliphatic heterocycles. The van der Waals surface area contributed by atoms with E-state index in [0.717, 1.165) is 25.8 Å². The van der Waals surface area contributed by atoms with E-state index >= 15 is 0 Å². The molecule has 0 heterocycles. The number of amides is 1. The highest BCUT2D eigenvalue weighted by molar-refractivity contribution is 5.78. The Hall–Kier alpha value is -0.530. The van der Waals surface area contributed by atoms with E-state index in [1.165, 1.54) is 25.7 Å². The third-order valence-electron chi connectivity index (χ3n) is 4.75. The number of nitrogens with one attached hydrogen (secondary N) is 1. The van der Waals surface area contributed by atoms with Gasteiger partial charge in [0.25, 0.3) is 0 Å². The van der Waals surface area contributed by atoms with E-state index in [0.29, 0.717) is 11.3 Å². The lowest BCUT2D eigenvalue weighted by atomic mass is 9.69. The van der Waals surface area contributed by atoms with Gasteiger partial charge in [0.1, 0.15) is 0 Å². The van der Waals surface area contributed by atoms with Crippen LogP contribution in [0.4, 0.5) is 0 Å². The van der Waals surface area contributed by atoms with Crippen LogP contribution < -0.4 is 5.32 Å². The molecule has 0 bridgehead atoms. The minimum absolute atomic E-state index is 0.224. The molecule has 0 spiro atoms. The average molecular weight is 253 g/mol. The Bertz CT molecular complexity index is 260. The summed E-state index contributed by atoms with van der Waals surface area (Å²) in [6.45, 7) is 9.86. The van der Waals surface area contributed by atoms with Crippen molar-refractivity contribution >= 4 is 5.91 Å². The summed E-state index contributed by atoms with van der Waals surface area (Å²) in [6, 6.07) is 0. The molecular weight excluding hydrogens is 222 g/mol. The Labute approximate surface area is 113 Å². The van der Waals surface area contributed by atoms with Gasteiger partial charge in [-0.1, -0.05) is 47.0 Å². The molecule has 1 rings (SSSR count). The van der Waals surface area contributed by atoms with Crippen LogP contribution >= 0.6 is 0 Å². The Morgan fingerprint density at radius 3 is 2.61 bits per heavy atom. The highest BCUT2D eigenvalue weighted by Gasteiger charge is 2.32. The van der Waals surface area contributed by atoms with Crippen molar-refractivity contribution in [3.8, 4) is 0 Å². The van der Waals surface area contributed by atoms with Gasteiger partial charge in [-0.15, -0.1) is 0 Å². The van der Waals surface area contributed by atoms with E-state index in [1.54, 1.807) is 0 Å². The normalized spacial score (nSPS) is 24.6. The first kappa shape index (κ1) is 15.5. The van der Waals surface area contributed by atoms with Gasteiger partial charge < -0.3 is 5.32 Å². The third-order valence-corrected chi connectivity index (χ3v) is 4.75. The van der Waals surface area contributed by atoms with Gasteiger partial charge in [-0.3, -0.25) is 4.79 Å². The second kappa shape index (κ2) is 7.16. The molecule has 0 aromatic rings. The van der Waals surface area contributed by atoms with Crippen molar-refractivity contribution in [3.05, 3.63) is 0 Å². The van der Waals surface area contributed by atoms with Gasteiger partial charge in [0.05, 0.1) is 0 Å². The van der Waals surface area contributed by atoms with Gasteiger partial charge in [0.2, 0.25) is 5.91 Å². The molecule has 1 fully saturated rings. The van der Waals surface area contributed by atoms with Gasteiger partial charge >= 0.3 is 0 Å². The molecule has 2 atom stereocenters. The van der Waals surface area contributed by atoms with Gasteiger partial charge in [0.15, 0.2) is 0 Å².